The maximum atomic E-state index is 5.72. The molecule has 1 aromatic carbocycles. The second-order valence-electron chi connectivity index (χ2n) is 7.02. The van der Waals surface area contributed by atoms with E-state index in [1.165, 1.54) is 0 Å². The molecular formula is C21H23N5OS. The number of thiophene rings is 1. The fourth-order valence-electron chi connectivity index (χ4n) is 3.07. The van der Waals surface area contributed by atoms with Gasteiger partial charge in [-0.2, -0.15) is 0 Å². The summed E-state index contributed by atoms with van der Waals surface area (Å²) in [5.74, 6) is 3.11. The normalized spacial score (nSPS) is 11.5. The van der Waals surface area contributed by atoms with Crippen LogP contribution in [0.4, 0.5) is 5.82 Å². The first-order valence-electron chi connectivity index (χ1n) is 9.16. The summed E-state index contributed by atoms with van der Waals surface area (Å²) in [5.41, 5.74) is 3.21. The highest BCUT2D eigenvalue weighted by Crippen LogP contribution is 2.37. The summed E-state index contributed by atoms with van der Waals surface area (Å²) >= 11 is 1.64. The van der Waals surface area contributed by atoms with Gasteiger partial charge >= 0.3 is 0 Å². The zero-order valence-corrected chi connectivity index (χ0v) is 17.3. The van der Waals surface area contributed by atoms with Crippen molar-refractivity contribution in [2.45, 2.75) is 26.9 Å². The molecule has 0 spiro atoms. The van der Waals surface area contributed by atoms with Crippen molar-refractivity contribution in [2.75, 3.05) is 19.4 Å². The minimum atomic E-state index is 0.478. The minimum Gasteiger partial charge on any atom is -0.444 e. The molecule has 0 amide bonds. The molecule has 0 unspecified atom stereocenters. The molecule has 0 saturated carbocycles. The van der Waals surface area contributed by atoms with E-state index >= 15 is 0 Å². The van der Waals surface area contributed by atoms with Crippen molar-refractivity contribution >= 4 is 27.4 Å². The monoisotopic (exact) mass is 393 g/mol. The number of anilines is 1. The molecule has 144 valence electrons. The molecule has 0 aliphatic rings. The molecular weight excluding hydrogens is 370 g/mol. The van der Waals surface area contributed by atoms with Crippen LogP contribution in [-0.2, 0) is 13.1 Å². The van der Waals surface area contributed by atoms with Crippen molar-refractivity contribution in [2.24, 2.45) is 0 Å². The van der Waals surface area contributed by atoms with Crippen molar-refractivity contribution in [1.29, 1.82) is 0 Å². The van der Waals surface area contributed by atoms with Crippen LogP contribution in [0.5, 0.6) is 0 Å². The predicted octanol–water partition coefficient (Wildman–Crippen LogP) is 4.64. The van der Waals surface area contributed by atoms with Gasteiger partial charge in [-0.05, 0) is 33.5 Å². The number of nitrogens with zero attached hydrogens (tertiary/aromatic N) is 4. The lowest BCUT2D eigenvalue weighted by Gasteiger charge is -2.12. The molecule has 6 nitrogen and oxygen atoms in total. The number of aryl methyl sites for hydroxylation is 2. The number of oxazole rings is 1. The molecule has 7 heteroatoms. The van der Waals surface area contributed by atoms with Crippen molar-refractivity contribution < 1.29 is 4.42 Å². The van der Waals surface area contributed by atoms with Gasteiger partial charge in [-0.25, -0.2) is 15.0 Å². The number of nitrogens with one attached hydrogen (secondary N) is 1. The topological polar surface area (TPSA) is 67.1 Å². The van der Waals surface area contributed by atoms with Crippen molar-refractivity contribution in [3.8, 4) is 11.1 Å². The van der Waals surface area contributed by atoms with Gasteiger partial charge in [0.05, 0.1) is 24.2 Å². The van der Waals surface area contributed by atoms with E-state index < -0.39 is 0 Å². The van der Waals surface area contributed by atoms with Crippen LogP contribution in [0.3, 0.4) is 0 Å². The number of rotatable bonds is 6. The Balaban J connectivity index is 1.77. The molecule has 0 atom stereocenters. The molecule has 4 rings (SSSR count). The van der Waals surface area contributed by atoms with Gasteiger partial charge in [0, 0.05) is 10.9 Å². The van der Waals surface area contributed by atoms with Gasteiger partial charge in [0.1, 0.15) is 22.2 Å². The van der Waals surface area contributed by atoms with Crippen LogP contribution in [-0.4, -0.2) is 33.9 Å². The average Bonchev–Trinajstić information content (AvgIpc) is 3.23. The molecule has 1 N–H and O–H groups in total. The van der Waals surface area contributed by atoms with Crippen LogP contribution >= 0.6 is 11.3 Å². The number of benzene rings is 1. The van der Waals surface area contributed by atoms with Crippen molar-refractivity contribution in [3.63, 3.8) is 0 Å². The Labute approximate surface area is 168 Å². The highest BCUT2D eigenvalue weighted by molar-refractivity contribution is 7.17. The third-order valence-corrected chi connectivity index (χ3v) is 5.37. The van der Waals surface area contributed by atoms with Gasteiger partial charge < -0.3 is 14.6 Å². The van der Waals surface area contributed by atoms with E-state index in [9.17, 15) is 0 Å². The second kappa shape index (κ2) is 7.69. The van der Waals surface area contributed by atoms with Gasteiger partial charge in [-0.1, -0.05) is 30.3 Å². The lowest BCUT2D eigenvalue weighted by atomic mass is 10.1. The first kappa shape index (κ1) is 18.6. The maximum absolute atomic E-state index is 5.72. The SMILES string of the molecule is Cc1nc(CNc2nc(CN(C)C)nc3scc(-c4ccccc4)c23)oc1C. The number of hydrogen-bond donors (Lipinski definition) is 1. The van der Waals surface area contributed by atoms with Gasteiger partial charge in [-0.15, -0.1) is 11.3 Å². The molecule has 0 saturated heterocycles. The average molecular weight is 394 g/mol. The standard InChI is InChI=1S/C21H23N5OS/c1-13-14(2)27-18(23-13)10-22-20-19-16(15-8-6-5-7-9-15)12-28-21(19)25-17(24-20)11-26(3)4/h5-9,12H,10-11H2,1-4H3,(H,22,24,25). The highest BCUT2D eigenvalue weighted by Gasteiger charge is 2.16. The van der Waals surface area contributed by atoms with E-state index in [4.69, 9.17) is 14.4 Å². The summed E-state index contributed by atoms with van der Waals surface area (Å²) in [6.07, 6.45) is 0. The summed E-state index contributed by atoms with van der Waals surface area (Å²) in [4.78, 5) is 17.1. The number of fused-ring (bicyclic) bond motifs is 1. The van der Waals surface area contributed by atoms with E-state index in [0.29, 0.717) is 19.0 Å². The van der Waals surface area contributed by atoms with Crippen LogP contribution in [0.25, 0.3) is 21.3 Å². The van der Waals surface area contributed by atoms with Crippen LogP contribution in [0.15, 0.2) is 40.1 Å². The van der Waals surface area contributed by atoms with Crippen LogP contribution in [0.2, 0.25) is 0 Å². The lowest BCUT2D eigenvalue weighted by Crippen LogP contribution is -2.14. The predicted molar refractivity (Wildman–Crippen MR) is 114 cm³/mol. The fraction of sp³-hybridized carbons (Fsp3) is 0.286. The summed E-state index contributed by atoms with van der Waals surface area (Å²) < 4.78 is 5.72. The maximum Gasteiger partial charge on any atom is 0.213 e. The Kier molecular flexibility index (Phi) is 5.11. The van der Waals surface area contributed by atoms with Gasteiger partial charge in [-0.3, -0.25) is 0 Å². The van der Waals surface area contributed by atoms with E-state index in [1.807, 2.05) is 46.1 Å². The molecule has 0 fully saturated rings. The minimum absolute atomic E-state index is 0.478. The summed E-state index contributed by atoms with van der Waals surface area (Å²) in [6, 6.07) is 10.3. The quantitative estimate of drug-likeness (QED) is 0.515. The van der Waals surface area contributed by atoms with E-state index in [-0.39, 0.29) is 0 Å². The third-order valence-electron chi connectivity index (χ3n) is 4.50. The van der Waals surface area contributed by atoms with Gasteiger partial charge in [0.2, 0.25) is 5.89 Å². The van der Waals surface area contributed by atoms with Crippen molar-refractivity contribution in [1.82, 2.24) is 19.9 Å². The Morgan fingerprint density at radius 2 is 1.86 bits per heavy atom. The molecule has 0 bridgehead atoms. The molecule has 4 aromatic rings. The Bertz CT molecular complexity index is 1080. The molecule has 28 heavy (non-hydrogen) atoms. The van der Waals surface area contributed by atoms with Crippen molar-refractivity contribution in [3.05, 3.63) is 58.9 Å². The zero-order valence-electron chi connectivity index (χ0n) is 16.5. The summed E-state index contributed by atoms with van der Waals surface area (Å²) in [5, 5.41) is 6.63. The largest absolute Gasteiger partial charge is 0.444 e. The zero-order chi connectivity index (χ0) is 19.7. The summed E-state index contributed by atoms with van der Waals surface area (Å²) in [6.45, 7) is 5.04. The third kappa shape index (κ3) is 3.76. The first-order chi connectivity index (χ1) is 13.5. The first-order valence-corrected chi connectivity index (χ1v) is 10.0. The van der Waals surface area contributed by atoms with Crippen LogP contribution in [0.1, 0.15) is 23.2 Å². The van der Waals surface area contributed by atoms with Crippen LogP contribution < -0.4 is 5.32 Å². The molecule has 0 aliphatic carbocycles. The lowest BCUT2D eigenvalue weighted by molar-refractivity contribution is 0.391. The molecule has 3 heterocycles. The Hall–Kier alpha value is -2.77. The Morgan fingerprint density at radius 1 is 1.07 bits per heavy atom. The number of aromatic nitrogens is 3. The molecule has 0 radical (unpaired) electrons. The molecule has 3 aromatic heterocycles. The second-order valence-corrected chi connectivity index (χ2v) is 7.88. The Morgan fingerprint density at radius 3 is 2.54 bits per heavy atom. The highest BCUT2D eigenvalue weighted by atomic mass is 32.1. The summed E-state index contributed by atoms with van der Waals surface area (Å²) in [7, 11) is 4.03. The van der Waals surface area contributed by atoms with E-state index in [1.54, 1.807) is 11.3 Å². The van der Waals surface area contributed by atoms with Gasteiger partial charge in [0.25, 0.3) is 0 Å². The van der Waals surface area contributed by atoms with Gasteiger partial charge in [0.15, 0.2) is 0 Å². The molecule has 0 aliphatic heterocycles. The fourth-order valence-corrected chi connectivity index (χ4v) is 4.04. The number of hydrogen-bond acceptors (Lipinski definition) is 7. The smallest absolute Gasteiger partial charge is 0.213 e. The van der Waals surface area contributed by atoms with Crippen LogP contribution in [0, 0.1) is 13.8 Å². The van der Waals surface area contributed by atoms with E-state index in [2.05, 4.69) is 32.7 Å². The van der Waals surface area contributed by atoms with E-state index in [0.717, 1.165) is 44.4 Å².